The Kier molecular flexibility index (Phi) is 6.43. The molecule has 6 heteroatoms. The standard InChI is InChI=1S/C21H29ClN2O3/c1-21(2,14-23-19(25)12-22)16-7-9-24(10-8-16)20(26)11-18-17-6-4-3-5-15(17)13-27-18/h3-6,16,18H,7-14H2,1-2H3,(H,23,25). The fourth-order valence-corrected chi connectivity index (χ4v) is 4.24. The molecule has 2 aliphatic heterocycles. The number of ether oxygens (including phenoxy) is 1. The number of hydrogen-bond donors (Lipinski definition) is 1. The number of likely N-dealkylation sites (tertiary alicyclic amines) is 1. The van der Waals surface area contributed by atoms with Crippen molar-refractivity contribution in [2.24, 2.45) is 11.3 Å². The highest BCUT2D eigenvalue weighted by Gasteiger charge is 2.35. The van der Waals surface area contributed by atoms with Crippen LogP contribution in [0.25, 0.3) is 0 Å². The molecule has 2 heterocycles. The minimum Gasteiger partial charge on any atom is -0.368 e. The Hall–Kier alpha value is -1.59. The molecule has 1 N–H and O–H groups in total. The molecule has 2 amide bonds. The van der Waals surface area contributed by atoms with Crippen LogP contribution in [-0.4, -0.2) is 42.2 Å². The van der Waals surface area contributed by atoms with E-state index in [9.17, 15) is 9.59 Å². The van der Waals surface area contributed by atoms with Crippen molar-refractivity contribution in [3.8, 4) is 0 Å². The van der Waals surface area contributed by atoms with Gasteiger partial charge in [0.25, 0.3) is 0 Å². The van der Waals surface area contributed by atoms with Crippen LogP contribution in [0.15, 0.2) is 24.3 Å². The van der Waals surface area contributed by atoms with E-state index < -0.39 is 0 Å². The largest absolute Gasteiger partial charge is 0.368 e. The van der Waals surface area contributed by atoms with Crippen LogP contribution in [0.4, 0.5) is 0 Å². The Balaban J connectivity index is 1.49. The molecule has 0 aromatic heterocycles. The quantitative estimate of drug-likeness (QED) is 0.756. The number of nitrogens with zero attached hydrogens (tertiary/aromatic N) is 1. The van der Waals surface area contributed by atoms with Crippen LogP contribution in [0.1, 0.15) is 50.3 Å². The molecule has 1 aromatic rings. The molecule has 0 saturated carbocycles. The highest BCUT2D eigenvalue weighted by atomic mass is 35.5. The lowest BCUT2D eigenvalue weighted by Gasteiger charge is -2.41. The van der Waals surface area contributed by atoms with Crippen LogP contribution < -0.4 is 5.32 Å². The SMILES string of the molecule is CC(C)(CNC(=O)CCl)C1CCN(C(=O)CC2OCc3ccccc32)CC1. The van der Waals surface area contributed by atoms with Gasteiger partial charge in [-0.1, -0.05) is 38.1 Å². The van der Waals surface area contributed by atoms with Crippen LogP contribution in [0.5, 0.6) is 0 Å². The second kappa shape index (κ2) is 8.61. The van der Waals surface area contributed by atoms with E-state index in [1.54, 1.807) is 0 Å². The molecule has 27 heavy (non-hydrogen) atoms. The van der Waals surface area contributed by atoms with Gasteiger partial charge in [0, 0.05) is 19.6 Å². The molecular formula is C21H29ClN2O3. The average Bonchev–Trinajstić information content (AvgIpc) is 3.09. The van der Waals surface area contributed by atoms with E-state index in [0.717, 1.165) is 31.5 Å². The van der Waals surface area contributed by atoms with Gasteiger partial charge in [-0.2, -0.15) is 0 Å². The summed E-state index contributed by atoms with van der Waals surface area (Å²) in [5, 5.41) is 2.89. The van der Waals surface area contributed by atoms with Crippen molar-refractivity contribution in [2.45, 2.75) is 45.8 Å². The lowest BCUT2D eigenvalue weighted by molar-refractivity contribution is -0.136. The van der Waals surface area contributed by atoms with Gasteiger partial charge in [0.1, 0.15) is 5.88 Å². The molecule has 1 unspecified atom stereocenters. The topological polar surface area (TPSA) is 58.6 Å². The van der Waals surface area contributed by atoms with Gasteiger partial charge >= 0.3 is 0 Å². The lowest BCUT2D eigenvalue weighted by Crippen LogP contribution is -2.46. The zero-order valence-electron chi connectivity index (χ0n) is 16.2. The molecule has 2 aliphatic rings. The number of benzene rings is 1. The van der Waals surface area contributed by atoms with Crippen LogP contribution in [0, 0.1) is 11.3 Å². The van der Waals surface area contributed by atoms with Gasteiger partial charge in [0.05, 0.1) is 19.1 Å². The molecule has 1 saturated heterocycles. The first-order valence-corrected chi connectivity index (χ1v) is 10.2. The zero-order chi connectivity index (χ0) is 19.4. The van der Waals surface area contributed by atoms with Crippen LogP contribution >= 0.6 is 11.6 Å². The summed E-state index contributed by atoms with van der Waals surface area (Å²) in [6.07, 6.45) is 2.21. The summed E-state index contributed by atoms with van der Waals surface area (Å²) in [7, 11) is 0. The van der Waals surface area contributed by atoms with Crippen molar-refractivity contribution < 1.29 is 14.3 Å². The molecule has 0 spiro atoms. The van der Waals surface area contributed by atoms with Crippen molar-refractivity contribution in [1.29, 1.82) is 0 Å². The maximum absolute atomic E-state index is 12.7. The van der Waals surface area contributed by atoms with E-state index >= 15 is 0 Å². The van der Waals surface area contributed by atoms with Crippen LogP contribution in [0.2, 0.25) is 0 Å². The van der Waals surface area contributed by atoms with E-state index in [2.05, 4.69) is 31.3 Å². The van der Waals surface area contributed by atoms with Gasteiger partial charge in [-0.15, -0.1) is 11.6 Å². The number of nitrogens with one attached hydrogen (secondary N) is 1. The monoisotopic (exact) mass is 392 g/mol. The summed E-state index contributed by atoms with van der Waals surface area (Å²) < 4.78 is 5.83. The average molecular weight is 393 g/mol. The van der Waals surface area contributed by atoms with E-state index in [1.807, 2.05) is 17.0 Å². The first-order valence-electron chi connectivity index (χ1n) is 9.70. The minimum absolute atomic E-state index is 0.00457. The third-order valence-corrected chi connectivity index (χ3v) is 6.26. The van der Waals surface area contributed by atoms with Gasteiger partial charge in [-0.25, -0.2) is 0 Å². The van der Waals surface area contributed by atoms with E-state index in [4.69, 9.17) is 16.3 Å². The number of halogens is 1. The summed E-state index contributed by atoms with van der Waals surface area (Å²) in [6, 6.07) is 8.14. The van der Waals surface area contributed by atoms with Crippen molar-refractivity contribution >= 4 is 23.4 Å². The number of alkyl halides is 1. The molecule has 1 aromatic carbocycles. The van der Waals surface area contributed by atoms with Crippen molar-refractivity contribution in [2.75, 3.05) is 25.5 Å². The Labute approximate surface area is 166 Å². The number of carbonyl (C=O) groups is 2. The number of amides is 2. The Bertz CT molecular complexity index is 684. The molecular weight excluding hydrogens is 364 g/mol. The second-order valence-corrected chi connectivity index (χ2v) is 8.52. The third kappa shape index (κ3) is 4.82. The molecule has 3 rings (SSSR count). The molecule has 1 atom stereocenters. The van der Waals surface area contributed by atoms with Crippen molar-refractivity contribution in [3.63, 3.8) is 0 Å². The molecule has 0 aliphatic carbocycles. The summed E-state index contributed by atoms with van der Waals surface area (Å²) in [6.45, 7) is 7.09. The van der Waals surface area contributed by atoms with Gasteiger partial charge in [-0.05, 0) is 35.3 Å². The smallest absolute Gasteiger partial charge is 0.234 e. The third-order valence-electron chi connectivity index (χ3n) is 6.02. The van der Waals surface area contributed by atoms with Gasteiger partial charge in [0.2, 0.25) is 11.8 Å². The first-order chi connectivity index (χ1) is 12.9. The number of fused-ring (bicyclic) bond motifs is 1. The predicted molar refractivity (Wildman–Crippen MR) is 105 cm³/mol. The normalized spacial score (nSPS) is 20.4. The highest BCUT2D eigenvalue weighted by Crippen LogP contribution is 2.36. The Morgan fingerprint density at radius 1 is 1.26 bits per heavy atom. The number of piperidine rings is 1. The summed E-state index contributed by atoms with van der Waals surface area (Å²) in [5.74, 6) is 0.508. The first kappa shape index (κ1) is 20.2. The Morgan fingerprint density at radius 2 is 1.96 bits per heavy atom. The van der Waals surface area contributed by atoms with Crippen molar-refractivity contribution in [1.82, 2.24) is 10.2 Å². The van der Waals surface area contributed by atoms with E-state index in [-0.39, 0.29) is 29.2 Å². The lowest BCUT2D eigenvalue weighted by atomic mass is 9.73. The maximum Gasteiger partial charge on any atom is 0.234 e. The van der Waals surface area contributed by atoms with Gasteiger partial charge in [0.15, 0.2) is 0 Å². The summed E-state index contributed by atoms with van der Waals surface area (Å²) >= 11 is 5.56. The van der Waals surface area contributed by atoms with E-state index in [0.29, 0.717) is 25.5 Å². The molecule has 148 valence electrons. The number of rotatable bonds is 6. The molecule has 5 nitrogen and oxygen atoms in total. The van der Waals surface area contributed by atoms with Gasteiger partial charge in [-0.3, -0.25) is 9.59 Å². The van der Waals surface area contributed by atoms with Gasteiger partial charge < -0.3 is 15.0 Å². The summed E-state index contributed by atoms with van der Waals surface area (Å²) in [4.78, 5) is 26.1. The summed E-state index contributed by atoms with van der Waals surface area (Å²) in [5.41, 5.74) is 2.33. The van der Waals surface area contributed by atoms with Crippen LogP contribution in [-0.2, 0) is 20.9 Å². The van der Waals surface area contributed by atoms with Crippen LogP contribution in [0.3, 0.4) is 0 Å². The maximum atomic E-state index is 12.7. The highest BCUT2D eigenvalue weighted by molar-refractivity contribution is 6.27. The molecule has 1 fully saturated rings. The molecule has 0 bridgehead atoms. The zero-order valence-corrected chi connectivity index (χ0v) is 16.9. The van der Waals surface area contributed by atoms with E-state index in [1.165, 1.54) is 5.56 Å². The fraction of sp³-hybridized carbons (Fsp3) is 0.619. The molecule has 0 radical (unpaired) electrons. The second-order valence-electron chi connectivity index (χ2n) is 8.26. The number of carbonyl (C=O) groups excluding carboxylic acids is 2. The Morgan fingerprint density at radius 3 is 2.67 bits per heavy atom. The fourth-order valence-electron chi connectivity index (χ4n) is 4.14. The minimum atomic E-state index is -0.130. The number of hydrogen-bond acceptors (Lipinski definition) is 3. The predicted octanol–water partition coefficient (Wildman–Crippen LogP) is 3.27. The van der Waals surface area contributed by atoms with Crippen molar-refractivity contribution in [3.05, 3.63) is 35.4 Å².